The fraction of sp³-hybridized carbons (Fsp3) is 0.867. The van der Waals surface area contributed by atoms with Crippen LogP contribution in [0, 0.1) is 5.92 Å². The summed E-state index contributed by atoms with van der Waals surface area (Å²) in [6, 6.07) is -0.978. The summed E-state index contributed by atoms with van der Waals surface area (Å²) in [7, 11) is 1.75. The Balaban J connectivity index is 1.97. The van der Waals surface area contributed by atoms with E-state index in [1.54, 1.807) is 11.9 Å². The van der Waals surface area contributed by atoms with Crippen LogP contribution < -0.4 is 0 Å². The molecule has 0 bridgehead atoms. The summed E-state index contributed by atoms with van der Waals surface area (Å²) in [6.45, 7) is 2.31. The molecule has 1 aliphatic carbocycles. The van der Waals surface area contributed by atoms with Crippen molar-refractivity contribution >= 4 is 12.0 Å². The van der Waals surface area contributed by atoms with Crippen LogP contribution in [0.4, 0.5) is 4.79 Å². The Bertz CT molecular complexity index is 393. The zero-order valence-corrected chi connectivity index (χ0v) is 12.9. The first kappa shape index (κ1) is 16.1. The van der Waals surface area contributed by atoms with Crippen LogP contribution in [0.25, 0.3) is 0 Å². The highest BCUT2D eigenvalue weighted by Gasteiger charge is 2.41. The van der Waals surface area contributed by atoms with Crippen molar-refractivity contribution in [1.29, 1.82) is 0 Å². The molecule has 0 spiro atoms. The summed E-state index contributed by atoms with van der Waals surface area (Å²) in [5.74, 6) is -0.284. The maximum Gasteiger partial charge on any atom is 0.326 e. The van der Waals surface area contributed by atoms with Gasteiger partial charge in [-0.15, -0.1) is 0 Å². The average molecular weight is 298 g/mol. The largest absolute Gasteiger partial charge is 0.480 e. The van der Waals surface area contributed by atoms with Gasteiger partial charge in [-0.1, -0.05) is 13.3 Å². The zero-order chi connectivity index (χ0) is 15.6. The first-order valence-electron chi connectivity index (χ1n) is 7.88. The third kappa shape index (κ3) is 3.48. The normalized spacial score (nSPS) is 33.0. The van der Waals surface area contributed by atoms with Crippen LogP contribution in [0.2, 0.25) is 0 Å². The Hall–Kier alpha value is -1.30. The maximum atomic E-state index is 12.5. The number of carbonyl (C=O) groups is 2. The second kappa shape index (κ2) is 6.64. The Morgan fingerprint density at radius 2 is 1.86 bits per heavy atom. The molecule has 1 saturated heterocycles. The number of rotatable bonds is 3. The van der Waals surface area contributed by atoms with Crippen LogP contribution in [0.5, 0.6) is 0 Å². The van der Waals surface area contributed by atoms with Gasteiger partial charge in [0, 0.05) is 26.1 Å². The molecule has 0 unspecified atom stereocenters. The summed E-state index contributed by atoms with van der Waals surface area (Å²) in [6.07, 6.45) is 4.79. The molecule has 0 aromatic carbocycles. The van der Waals surface area contributed by atoms with E-state index in [4.69, 9.17) is 0 Å². The van der Waals surface area contributed by atoms with Crippen LogP contribution in [-0.2, 0) is 4.79 Å². The molecule has 2 aliphatic rings. The van der Waals surface area contributed by atoms with Crippen molar-refractivity contribution in [2.75, 3.05) is 13.6 Å². The number of carboxylic acid groups (broad SMARTS) is 1. The molecule has 120 valence electrons. The van der Waals surface area contributed by atoms with Gasteiger partial charge >= 0.3 is 12.0 Å². The number of aliphatic hydroxyl groups excluding tert-OH is 1. The van der Waals surface area contributed by atoms with Crippen molar-refractivity contribution in [2.45, 2.75) is 63.6 Å². The Labute approximate surface area is 125 Å². The molecule has 2 fully saturated rings. The van der Waals surface area contributed by atoms with Gasteiger partial charge in [0.15, 0.2) is 0 Å². The van der Waals surface area contributed by atoms with Crippen LogP contribution in [0.3, 0.4) is 0 Å². The molecule has 0 radical (unpaired) electrons. The quantitative estimate of drug-likeness (QED) is 0.828. The molecule has 1 saturated carbocycles. The lowest BCUT2D eigenvalue weighted by molar-refractivity contribution is -0.141. The highest BCUT2D eigenvalue weighted by molar-refractivity contribution is 5.83. The molecule has 21 heavy (non-hydrogen) atoms. The number of hydrogen-bond acceptors (Lipinski definition) is 3. The zero-order valence-electron chi connectivity index (χ0n) is 12.9. The van der Waals surface area contributed by atoms with E-state index in [1.807, 2.05) is 0 Å². The van der Waals surface area contributed by atoms with Crippen molar-refractivity contribution in [1.82, 2.24) is 9.80 Å². The third-order valence-electron chi connectivity index (χ3n) is 5.05. The minimum atomic E-state index is -1.04. The van der Waals surface area contributed by atoms with E-state index in [0.29, 0.717) is 0 Å². The minimum Gasteiger partial charge on any atom is -0.480 e. The number of likely N-dealkylation sites (tertiary alicyclic amines) is 1. The molecule has 0 aromatic rings. The predicted molar refractivity (Wildman–Crippen MR) is 77.9 cm³/mol. The lowest BCUT2D eigenvalue weighted by atomic mass is 9.84. The van der Waals surface area contributed by atoms with E-state index in [9.17, 15) is 19.8 Å². The number of β-amino-alcohol motifs (C(OH)–C–C–N with tert-alkyl or cyclic N) is 1. The lowest BCUT2D eigenvalue weighted by Gasteiger charge is -2.37. The molecule has 6 heteroatoms. The number of carboxylic acids is 1. The second-order valence-corrected chi connectivity index (χ2v) is 6.37. The molecule has 2 N–H and O–H groups in total. The van der Waals surface area contributed by atoms with Gasteiger partial charge in [-0.2, -0.15) is 0 Å². The summed E-state index contributed by atoms with van der Waals surface area (Å²) in [5.41, 5.74) is 0. The standard InChI is InChI=1S/C15H26N2O4/c1-3-10-4-6-11(7-5-10)16(2)15(21)17-9-12(18)8-13(17)14(19)20/h10-13,18H,3-9H2,1-2H3,(H,19,20)/t10?,11?,12-,13+/m1/s1. The number of urea groups is 1. The fourth-order valence-electron chi connectivity index (χ4n) is 3.56. The average Bonchev–Trinajstić information content (AvgIpc) is 2.88. The van der Waals surface area contributed by atoms with Crippen molar-refractivity contribution in [3.8, 4) is 0 Å². The summed E-state index contributed by atoms with van der Waals surface area (Å²) in [5, 5.41) is 18.8. The number of amides is 2. The van der Waals surface area contributed by atoms with Crippen LogP contribution >= 0.6 is 0 Å². The summed E-state index contributed by atoms with van der Waals surface area (Å²) in [4.78, 5) is 26.7. The van der Waals surface area contributed by atoms with Crippen LogP contribution in [0.1, 0.15) is 45.4 Å². The number of nitrogens with zero attached hydrogens (tertiary/aromatic N) is 2. The van der Waals surface area contributed by atoms with Gasteiger partial charge < -0.3 is 20.0 Å². The Morgan fingerprint density at radius 1 is 1.24 bits per heavy atom. The van der Waals surface area contributed by atoms with Gasteiger partial charge in [0.05, 0.1) is 6.10 Å². The number of aliphatic hydroxyl groups is 1. The summed E-state index contributed by atoms with van der Waals surface area (Å²) < 4.78 is 0. The van der Waals surface area contributed by atoms with E-state index < -0.39 is 18.1 Å². The second-order valence-electron chi connectivity index (χ2n) is 6.37. The maximum absolute atomic E-state index is 12.5. The first-order chi connectivity index (χ1) is 9.93. The summed E-state index contributed by atoms with van der Waals surface area (Å²) >= 11 is 0. The molecule has 2 atom stereocenters. The van der Waals surface area contributed by atoms with Gasteiger partial charge in [-0.05, 0) is 31.6 Å². The van der Waals surface area contributed by atoms with Gasteiger partial charge in [0.2, 0.25) is 0 Å². The Morgan fingerprint density at radius 3 is 2.38 bits per heavy atom. The third-order valence-corrected chi connectivity index (χ3v) is 5.05. The highest BCUT2D eigenvalue weighted by Crippen LogP contribution is 2.30. The Kier molecular flexibility index (Phi) is 5.08. The topological polar surface area (TPSA) is 81.1 Å². The van der Waals surface area contributed by atoms with E-state index in [0.717, 1.165) is 31.6 Å². The van der Waals surface area contributed by atoms with Crippen molar-refractivity contribution in [2.24, 2.45) is 5.92 Å². The lowest BCUT2D eigenvalue weighted by Crippen LogP contribution is -2.50. The molecule has 6 nitrogen and oxygen atoms in total. The fourth-order valence-corrected chi connectivity index (χ4v) is 3.56. The van der Waals surface area contributed by atoms with Gasteiger partial charge in [-0.3, -0.25) is 0 Å². The van der Waals surface area contributed by atoms with Crippen molar-refractivity contribution in [3.63, 3.8) is 0 Å². The highest BCUT2D eigenvalue weighted by atomic mass is 16.4. The van der Waals surface area contributed by atoms with Crippen LogP contribution in [0.15, 0.2) is 0 Å². The SMILES string of the molecule is CCC1CCC(N(C)C(=O)N2C[C@H](O)C[C@H]2C(=O)O)CC1. The smallest absolute Gasteiger partial charge is 0.326 e. The monoisotopic (exact) mass is 298 g/mol. The minimum absolute atomic E-state index is 0.116. The molecular weight excluding hydrogens is 272 g/mol. The first-order valence-corrected chi connectivity index (χ1v) is 7.88. The van der Waals surface area contributed by atoms with E-state index in [-0.39, 0.29) is 25.0 Å². The van der Waals surface area contributed by atoms with Gasteiger partial charge in [0.1, 0.15) is 6.04 Å². The molecule has 2 amide bonds. The predicted octanol–water partition coefficient (Wildman–Crippen LogP) is 1.53. The molecule has 1 heterocycles. The van der Waals surface area contributed by atoms with Crippen molar-refractivity contribution < 1.29 is 19.8 Å². The van der Waals surface area contributed by atoms with E-state index >= 15 is 0 Å². The van der Waals surface area contributed by atoms with Gasteiger partial charge in [-0.25, -0.2) is 9.59 Å². The molecule has 1 aliphatic heterocycles. The van der Waals surface area contributed by atoms with E-state index in [2.05, 4.69) is 6.92 Å². The van der Waals surface area contributed by atoms with Crippen LogP contribution in [-0.4, -0.2) is 63.8 Å². The number of hydrogen-bond donors (Lipinski definition) is 2. The van der Waals surface area contributed by atoms with Gasteiger partial charge in [0.25, 0.3) is 0 Å². The van der Waals surface area contributed by atoms with Crippen molar-refractivity contribution in [3.05, 3.63) is 0 Å². The number of carbonyl (C=O) groups excluding carboxylic acids is 1. The molecule has 2 rings (SSSR count). The van der Waals surface area contributed by atoms with E-state index in [1.165, 1.54) is 11.3 Å². The molecular formula is C15H26N2O4. The molecule has 0 aromatic heterocycles. The number of aliphatic carboxylic acids is 1.